The molecule has 1 aromatic heterocycles. The third-order valence-corrected chi connectivity index (χ3v) is 4.47. The molecule has 0 bridgehead atoms. The number of hydrogen-bond acceptors (Lipinski definition) is 5. The molecule has 0 saturated heterocycles. The second-order valence-corrected chi connectivity index (χ2v) is 6.37. The van der Waals surface area contributed by atoms with E-state index in [1.165, 1.54) is 0 Å². The number of nitrogen functional groups attached to an aromatic ring is 1. The zero-order chi connectivity index (χ0) is 17.8. The maximum Gasteiger partial charge on any atom is 0.264 e. The van der Waals surface area contributed by atoms with Crippen LogP contribution in [0.2, 0.25) is 0 Å². The van der Waals surface area contributed by atoms with Crippen LogP contribution >= 0.6 is 11.3 Å². The largest absolute Gasteiger partial charge is 0.375 e. The second kappa shape index (κ2) is 7.14. The fourth-order valence-corrected chi connectivity index (χ4v) is 3.11. The lowest BCUT2D eigenvalue weighted by Gasteiger charge is -2.06. The van der Waals surface area contributed by atoms with E-state index in [0.29, 0.717) is 33.4 Å². The zero-order valence-electron chi connectivity index (χ0n) is 13.2. The predicted molar refractivity (Wildman–Crippen MR) is 98.1 cm³/mol. The summed E-state index contributed by atoms with van der Waals surface area (Å²) in [5.41, 5.74) is 13.6. The van der Waals surface area contributed by atoms with Gasteiger partial charge in [-0.15, -0.1) is 0 Å². The van der Waals surface area contributed by atoms with Gasteiger partial charge in [0, 0.05) is 17.7 Å². The number of thiazole rings is 1. The highest BCUT2D eigenvalue weighted by Crippen LogP contribution is 2.29. The zero-order valence-corrected chi connectivity index (χ0v) is 14.0. The van der Waals surface area contributed by atoms with Gasteiger partial charge in [0.2, 0.25) is 5.91 Å². The Bertz CT molecular complexity index is 905. The van der Waals surface area contributed by atoms with Crippen LogP contribution in [-0.4, -0.2) is 16.8 Å². The number of hydrogen-bond donors (Lipinski definition) is 3. The van der Waals surface area contributed by atoms with Gasteiger partial charge in [0.1, 0.15) is 4.88 Å². The molecule has 0 atom stereocenters. The summed E-state index contributed by atoms with van der Waals surface area (Å²) in [5.74, 6) is -0.753. The lowest BCUT2D eigenvalue weighted by atomic mass is 10.1. The fraction of sp³-hybridized carbons (Fsp3) is 0.0556. The molecule has 0 unspecified atom stereocenters. The molecule has 5 N–H and O–H groups in total. The Labute approximate surface area is 148 Å². The van der Waals surface area contributed by atoms with Gasteiger partial charge in [-0.25, -0.2) is 4.98 Å². The predicted octanol–water partition coefficient (Wildman–Crippen LogP) is 2.42. The van der Waals surface area contributed by atoms with E-state index in [-0.39, 0.29) is 5.91 Å². The van der Waals surface area contributed by atoms with Gasteiger partial charge in [0.25, 0.3) is 5.91 Å². The third kappa shape index (κ3) is 3.84. The van der Waals surface area contributed by atoms with E-state index in [0.717, 1.165) is 16.9 Å². The molecule has 2 aromatic carbocycles. The first-order valence-corrected chi connectivity index (χ1v) is 8.35. The van der Waals surface area contributed by atoms with Crippen LogP contribution in [0.5, 0.6) is 0 Å². The van der Waals surface area contributed by atoms with E-state index in [1.54, 1.807) is 24.3 Å². The van der Waals surface area contributed by atoms with Crippen molar-refractivity contribution in [2.24, 2.45) is 5.73 Å². The van der Waals surface area contributed by atoms with Crippen LogP contribution < -0.4 is 16.8 Å². The lowest BCUT2D eigenvalue weighted by molar-refractivity contribution is 0.0954. The van der Waals surface area contributed by atoms with Gasteiger partial charge in [-0.05, 0) is 17.7 Å². The van der Waals surface area contributed by atoms with Gasteiger partial charge in [-0.1, -0.05) is 53.8 Å². The Morgan fingerprint density at radius 1 is 1.04 bits per heavy atom. The molecule has 0 aliphatic carbocycles. The van der Waals surface area contributed by atoms with Gasteiger partial charge in [0.05, 0.1) is 5.69 Å². The van der Waals surface area contributed by atoms with Crippen LogP contribution in [0, 0.1) is 0 Å². The Morgan fingerprint density at radius 2 is 1.72 bits per heavy atom. The second-order valence-electron chi connectivity index (χ2n) is 5.34. The number of primary amides is 1. The summed E-state index contributed by atoms with van der Waals surface area (Å²) in [6.45, 7) is 0.414. The number of nitrogens with one attached hydrogen (secondary N) is 1. The normalized spacial score (nSPS) is 10.4. The molecule has 3 aromatic rings. The van der Waals surface area contributed by atoms with Crippen LogP contribution in [0.25, 0.3) is 11.3 Å². The Morgan fingerprint density at radius 3 is 2.36 bits per heavy atom. The molecular formula is C18H16N4O2S. The topological polar surface area (TPSA) is 111 Å². The van der Waals surface area contributed by atoms with E-state index in [1.807, 2.05) is 30.3 Å². The molecular weight excluding hydrogens is 336 g/mol. The maximum absolute atomic E-state index is 12.5. The summed E-state index contributed by atoms with van der Waals surface area (Å²) < 4.78 is 0. The summed E-state index contributed by atoms with van der Waals surface area (Å²) in [7, 11) is 0. The summed E-state index contributed by atoms with van der Waals surface area (Å²) >= 11 is 1.13. The molecule has 0 saturated carbocycles. The highest BCUT2D eigenvalue weighted by Gasteiger charge is 2.18. The average Bonchev–Trinajstić information content (AvgIpc) is 3.02. The van der Waals surface area contributed by atoms with Crippen molar-refractivity contribution in [1.29, 1.82) is 0 Å². The van der Waals surface area contributed by atoms with Crippen LogP contribution in [-0.2, 0) is 6.54 Å². The number of amides is 2. The molecule has 0 aliphatic heterocycles. The molecule has 0 aliphatic rings. The number of anilines is 1. The van der Waals surface area contributed by atoms with Crippen LogP contribution in [0.15, 0.2) is 54.6 Å². The number of aromatic nitrogens is 1. The third-order valence-electron chi connectivity index (χ3n) is 3.59. The van der Waals surface area contributed by atoms with Crippen molar-refractivity contribution in [3.05, 3.63) is 70.6 Å². The summed E-state index contributed by atoms with van der Waals surface area (Å²) in [6, 6.07) is 16.2. The average molecular weight is 352 g/mol. The minimum absolute atomic E-state index is 0.243. The van der Waals surface area contributed by atoms with Crippen molar-refractivity contribution < 1.29 is 9.59 Å². The highest BCUT2D eigenvalue weighted by molar-refractivity contribution is 7.17. The maximum atomic E-state index is 12.5. The van der Waals surface area contributed by atoms with Crippen LogP contribution in [0.4, 0.5) is 5.13 Å². The van der Waals surface area contributed by atoms with E-state index in [4.69, 9.17) is 11.5 Å². The van der Waals surface area contributed by atoms with E-state index >= 15 is 0 Å². The standard InChI is InChI=1S/C18H16N4O2S/c19-16(23)13-8-6-12(7-9-13)14-15(25-18(20)22-14)17(24)21-10-11-4-2-1-3-5-11/h1-9H,10H2,(H2,19,23)(H2,20,22)(H,21,24). The Balaban J connectivity index is 1.82. The fourth-order valence-electron chi connectivity index (χ4n) is 2.34. The number of rotatable bonds is 5. The molecule has 7 heteroatoms. The Kier molecular flexibility index (Phi) is 4.76. The van der Waals surface area contributed by atoms with Gasteiger partial charge < -0.3 is 16.8 Å². The van der Waals surface area contributed by atoms with Crippen molar-refractivity contribution in [2.75, 3.05) is 5.73 Å². The summed E-state index contributed by atoms with van der Waals surface area (Å²) in [6.07, 6.45) is 0. The molecule has 126 valence electrons. The SMILES string of the molecule is NC(=O)c1ccc(-c2nc(N)sc2C(=O)NCc2ccccc2)cc1. The van der Waals surface area contributed by atoms with Crippen molar-refractivity contribution in [1.82, 2.24) is 10.3 Å². The van der Waals surface area contributed by atoms with E-state index in [9.17, 15) is 9.59 Å². The van der Waals surface area contributed by atoms with Gasteiger partial charge in [0.15, 0.2) is 5.13 Å². The van der Waals surface area contributed by atoms with Crippen molar-refractivity contribution in [3.63, 3.8) is 0 Å². The number of nitrogens with zero attached hydrogens (tertiary/aromatic N) is 1. The van der Waals surface area contributed by atoms with Crippen molar-refractivity contribution >= 4 is 28.3 Å². The van der Waals surface area contributed by atoms with E-state index in [2.05, 4.69) is 10.3 Å². The first kappa shape index (κ1) is 16.7. The molecule has 0 spiro atoms. The van der Waals surface area contributed by atoms with E-state index < -0.39 is 5.91 Å². The summed E-state index contributed by atoms with van der Waals surface area (Å²) in [5, 5.41) is 3.17. The molecule has 2 amide bonds. The van der Waals surface area contributed by atoms with Gasteiger partial charge >= 0.3 is 0 Å². The van der Waals surface area contributed by atoms with Crippen molar-refractivity contribution in [3.8, 4) is 11.3 Å². The molecule has 0 fully saturated rings. The summed E-state index contributed by atoms with van der Waals surface area (Å²) in [4.78, 5) is 28.4. The first-order valence-electron chi connectivity index (χ1n) is 7.53. The van der Waals surface area contributed by atoms with Gasteiger partial charge in [-0.3, -0.25) is 9.59 Å². The number of carbonyl (C=O) groups excluding carboxylic acids is 2. The molecule has 6 nitrogen and oxygen atoms in total. The Hall–Kier alpha value is -3.19. The van der Waals surface area contributed by atoms with Gasteiger partial charge in [-0.2, -0.15) is 0 Å². The smallest absolute Gasteiger partial charge is 0.264 e. The lowest BCUT2D eigenvalue weighted by Crippen LogP contribution is -2.22. The molecule has 0 radical (unpaired) electrons. The first-order chi connectivity index (χ1) is 12.0. The van der Waals surface area contributed by atoms with Crippen LogP contribution in [0.3, 0.4) is 0 Å². The molecule has 1 heterocycles. The quantitative estimate of drug-likeness (QED) is 0.655. The molecule has 3 rings (SSSR count). The van der Waals surface area contributed by atoms with Crippen molar-refractivity contribution in [2.45, 2.75) is 6.54 Å². The highest BCUT2D eigenvalue weighted by atomic mass is 32.1. The number of carbonyl (C=O) groups is 2. The number of benzene rings is 2. The van der Waals surface area contributed by atoms with Crippen LogP contribution in [0.1, 0.15) is 25.6 Å². The minimum atomic E-state index is -0.509. The molecule has 25 heavy (non-hydrogen) atoms. The minimum Gasteiger partial charge on any atom is -0.375 e. The number of nitrogens with two attached hydrogens (primary N) is 2. The monoisotopic (exact) mass is 352 g/mol.